The van der Waals surface area contributed by atoms with E-state index in [9.17, 15) is 8.42 Å². The first-order valence-electron chi connectivity index (χ1n) is 9.24. The lowest BCUT2D eigenvalue weighted by Crippen LogP contribution is -2.17. The summed E-state index contributed by atoms with van der Waals surface area (Å²) in [5, 5.41) is 8.03. The van der Waals surface area contributed by atoms with E-state index >= 15 is 0 Å². The summed E-state index contributed by atoms with van der Waals surface area (Å²) in [7, 11) is 0.522. The Hall–Kier alpha value is -3.13. The molecule has 0 saturated heterocycles. The molecule has 0 aliphatic heterocycles. The molecule has 3 aromatic rings. The molecule has 0 bridgehead atoms. The summed E-state index contributed by atoms with van der Waals surface area (Å²) in [4.78, 5) is 2.27. The van der Waals surface area contributed by atoms with Gasteiger partial charge in [-0.3, -0.25) is 5.43 Å². The van der Waals surface area contributed by atoms with Crippen LogP contribution in [0.3, 0.4) is 0 Å². The van der Waals surface area contributed by atoms with Gasteiger partial charge in [-0.2, -0.15) is 10.2 Å². The van der Waals surface area contributed by atoms with Crippen LogP contribution in [-0.2, 0) is 9.84 Å². The molecule has 0 unspecified atom stereocenters. The standard InChI is InChI=1S/C21H25N5O2S/c1-16(2)29(27,28)20-8-6-5-7-19(20)26-21(13-14-23-26)24-22-15-17-9-11-18(12-10-17)25(3)4/h5-16,24H,1-4H3. The van der Waals surface area contributed by atoms with Crippen LogP contribution in [0.2, 0.25) is 0 Å². The number of nitrogens with one attached hydrogen (secondary N) is 1. The van der Waals surface area contributed by atoms with E-state index in [1.165, 1.54) is 0 Å². The highest BCUT2D eigenvalue weighted by atomic mass is 32.2. The zero-order valence-corrected chi connectivity index (χ0v) is 17.8. The fourth-order valence-electron chi connectivity index (χ4n) is 2.74. The maximum absolute atomic E-state index is 12.7. The molecule has 0 saturated carbocycles. The maximum atomic E-state index is 12.7. The Labute approximate surface area is 171 Å². The van der Waals surface area contributed by atoms with E-state index in [0.29, 0.717) is 11.5 Å². The lowest BCUT2D eigenvalue weighted by molar-refractivity contribution is 0.586. The molecule has 0 fully saturated rings. The molecule has 7 nitrogen and oxygen atoms in total. The third-order valence-electron chi connectivity index (χ3n) is 4.47. The van der Waals surface area contributed by atoms with Crippen LogP contribution >= 0.6 is 0 Å². The average Bonchev–Trinajstić information content (AvgIpc) is 3.16. The molecule has 29 heavy (non-hydrogen) atoms. The highest BCUT2D eigenvalue weighted by Gasteiger charge is 2.24. The molecule has 0 spiro atoms. The Balaban J connectivity index is 1.86. The fourth-order valence-corrected chi connectivity index (χ4v) is 3.96. The summed E-state index contributed by atoms with van der Waals surface area (Å²) in [6.07, 6.45) is 3.30. The number of aromatic nitrogens is 2. The van der Waals surface area contributed by atoms with Crippen LogP contribution in [0.4, 0.5) is 11.5 Å². The van der Waals surface area contributed by atoms with Gasteiger partial charge in [0.15, 0.2) is 9.84 Å². The summed E-state index contributed by atoms with van der Waals surface area (Å²) in [5.74, 6) is 0.567. The van der Waals surface area contributed by atoms with Crippen LogP contribution in [0.1, 0.15) is 19.4 Å². The first kappa shape index (κ1) is 20.6. The molecular weight excluding hydrogens is 386 g/mol. The van der Waals surface area contributed by atoms with Gasteiger partial charge in [-0.05, 0) is 43.7 Å². The van der Waals surface area contributed by atoms with Gasteiger partial charge in [0.1, 0.15) is 5.82 Å². The topological polar surface area (TPSA) is 79.6 Å². The molecule has 1 N–H and O–H groups in total. The zero-order valence-electron chi connectivity index (χ0n) is 16.9. The molecule has 0 amide bonds. The number of hydrazone groups is 1. The van der Waals surface area contributed by atoms with E-state index in [1.54, 1.807) is 61.3 Å². The molecule has 0 aliphatic rings. The summed E-state index contributed by atoms with van der Waals surface area (Å²) in [6, 6.07) is 16.6. The molecule has 8 heteroatoms. The van der Waals surface area contributed by atoms with Crippen molar-refractivity contribution in [3.63, 3.8) is 0 Å². The largest absolute Gasteiger partial charge is 0.378 e. The van der Waals surface area contributed by atoms with Crippen molar-refractivity contribution in [3.05, 3.63) is 66.4 Å². The minimum atomic E-state index is -3.46. The van der Waals surface area contributed by atoms with Crippen molar-refractivity contribution in [2.24, 2.45) is 5.10 Å². The summed E-state index contributed by atoms with van der Waals surface area (Å²) in [6.45, 7) is 3.33. The smallest absolute Gasteiger partial charge is 0.182 e. The first-order valence-corrected chi connectivity index (χ1v) is 10.8. The number of sulfone groups is 1. The number of benzene rings is 2. The van der Waals surface area contributed by atoms with Crippen molar-refractivity contribution in [3.8, 4) is 5.69 Å². The molecule has 1 heterocycles. The number of anilines is 2. The molecule has 152 valence electrons. The Morgan fingerprint density at radius 3 is 2.41 bits per heavy atom. The summed E-state index contributed by atoms with van der Waals surface area (Å²) in [5.41, 5.74) is 5.48. The van der Waals surface area contributed by atoms with Crippen molar-refractivity contribution in [2.45, 2.75) is 24.0 Å². The van der Waals surface area contributed by atoms with Gasteiger partial charge in [-0.1, -0.05) is 24.3 Å². The number of hydrogen-bond acceptors (Lipinski definition) is 6. The van der Waals surface area contributed by atoms with Crippen LogP contribution in [0.15, 0.2) is 70.8 Å². The second kappa shape index (κ2) is 8.48. The number of para-hydroxylation sites is 1. The third kappa shape index (κ3) is 4.48. The van der Waals surface area contributed by atoms with Crippen LogP contribution in [0.5, 0.6) is 0 Å². The van der Waals surface area contributed by atoms with E-state index in [1.807, 2.05) is 43.3 Å². The lowest BCUT2D eigenvalue weighted by Gasteiger charge is -2.14. The highest BCUT2D eigenvalue weighted by Crippen LogP contribution is 2.26. The average molecular weight is 412 g/mol. The monoisotopic (exact) mass is 411 g/mol. The Morgan fingerprint density at radius 1 is 1.07 bits per heavy atom. The second-order valence-electron chi connectivity index (χ2n) is 7.05. The zero-order chi connectivity index (χ0) is 21.0. The molecule has 1 aromatic heterocycles. The minimum absolute atomic E-state index is 0.241. The lowest BCUT2D eigenvalue weighted by atomic mass is 10.2. The molecule has 3 rings (SSSR count). The van der Waals surface area contributed by atoms with Gasteiger partial charge in [-0.25, -0.2) is 13.1 Å². The normalized spacial score (nSPS) is 11.9. The van der Waals surface area contributed by atoms with Crippen molar-refractivity contribution in [1.29, 1.82) is 0 Å². The third-order valence-corrected chi connectivity index (χ3v) is 6.66. The summed E-state index contributed by atoms with van der Waals surface area (Å²) < 4.78 is 27.0. The number of nitrogens with zero attached hydrogens (tertiary/aromatic N) is 4. The summed E-state index contributed by atoms with van der Waals surface area (Å²) >= 11 is 0. The maximum Gasteiger partial charge on any atom is 0.182 e. The van der Waals surface area contributed by atoms with E-state index in [-0.39, 0.29) is 4.90 Å². The Bertz CT molecular complexity index is 1100. The quantitative estimate of drug-likeness (QED) is 0.475. The molecular formula is C21H25N5O2S. The van der Waals surface area contributed by atoms with Gasteiger partial charge in [0.25, 0.3) is 0 Å². The van der Waals surface area contributed by atoms with E-state index in [2.05, 4.69) is 15.6 Å². The number of rotatable bonds is 7. The van der Waals surface area contributed by atoms with Gasteiger partial charge in [0.2, 0.25) is 0 Å². The van der Waals surface area contributed by atoms with Gasteiger partial charge >= 0.3 is 0 Å². The second-order valence-corrected chi connectivity index (χ2v) is 9.52. The molecule has 0 radical (unpaired) electrons. The van der Waals surface area contributed by atoms with Crippen LogP contribution in [0, 0.1) is 0 Å². The van der Waals surface area contributed by atoms with Crippen LogP contribution in [-0.4, -0.2) is 43.8 Å². The predicted molar refractivity (Wildman–Crippen MR) is 118 cm³/mol. The van der Waals surface area contributed by atoms with Crippen LogP contribution < -0.4 is 10.3 Å². The van der Waals surface area contributed by atoms with Gasteiger partial charge in [0, 0.05) is 25.8 Å². The predicted octanol–water partition coefficient (Wildman–Crippen LogP) is 3.57. The van der Waals surface area contributed by atoms with E-state index < -0.39 is 15.1 Å². The molecule has 2 aromatic carbocycles. The van der Waals surface area contributed by atoms with Gasteiger partial charge in [0.05, 0.1) is 28.2 Å². The van der Waals surface area contributed by atoms with Gasteiger partial charge < -0.3 is 4.90 Å². The van der Waals surface area contributed by atoms with Crippen molar-refractivity contribution < 1.29 is 8.42 Å². The van der Waals surface area contributed by atoms with Crippen molar-refractivity contribution in [1.82, 2.24) is 9.78 Å². The Morgan fingerprint density at radius 2 is 1.76 bits per heavy atom. The van der Waals surface area contributed by atoms with Gasteiger partial charge in [-0.15, -0.1) is 0 Å². The van der Waals surface area contributed by atoms with Crippen LogP contribution in [0.25, 0.3) is 5.69 Å². The van der Waals surface area contributed by atoms with Crippen molar-refractivity contribution in [2.75, 3.05) is 24.4 Å². The highest BCUT2D eigenvalue weighted by molar-refractivity contribution is 7.92. The SMILES string of the molecule is CC(C)S(=O)(=O)c1ccccc1-n1nccc1NN=Cc1ccc(N(C)C)cc1. The van der Waals surface area contributed by atoms with E-state index in [4.69, 9.17) is 0 Å². The Kier molecular flexibility index (Phi) is 6.03. The minimum Gasteiger partial charge on any atom is -0.378 e. The van der Waals surface area contributed by atoms with E-state index in [0.717, 1.165) is 11.3 Å². The fraction of sp³-hybridized carbons (Fsp3) is 0.238. The molecule has 0 atom stereocenters. The first-order chi connectivity index (χ1) is 13.8. The number of hydrogen-bond donors (Lipinski definition) is 1. The van der Waals surface area contributed by atoms with Crippen molar-refractivity contribution >= 4 is 27.6 Å². The molecule has 0 aliphatic carbocycles.